The summed E-state index contributed by atoms with van der Waals surface area (Å²) in [6, 6.07) is 0. The molecule has 1 N–H and O–H groups in total. The van der Waals surface area contributed by atoms with Gasteiger partial charge in [0.2, 0.25) is 0 Å². The minimum Gasteiger partial charge on any atom is -0.461 e. The van der Waals surface area contributed by atoms with Gasteiger partial charge in [0.1, 0.15) is 23.9 Å². The highest BCUT2D eigenvalue weighted by molar-refractivity contribution is 5.88. The number of ether oxygens (including phenoxy) is 4. The first kappa shape index (κ1) is 27.9. The first-order chi connectivity index (χ1) is 16.7. The van der Waals surface area contributed by atoms with Gasteiger partial charge in [0.15, 0.2) is 5.60 Å². The van der Waals surface area contributed by atoms with Gasteiger partial charge < -0.3 is 24.1 Å². The van der Waals surface area contributed by atoms with Gasteiger partial charge in [-0.25, -0.2) is 9.59 Å². The van der Waals surface area contributed by atoms with E-state index in [4.69, 9.17) is 18.9 Å². The second-order valence-electron chi connectivity index (χ2n) is 10.7. The smallest absolute Gasteiger partial charge is 0.339 e. The van der Waals surface area contributed by atoms with Crippen molar-refractivity contribution in [3.63, 3.8) is 0 Å². The molecule has 0 amide bonds. The number of fused-ring (bicyclic) bond motifs is 3. The molecule has 8 atom stereocenters. The summed E-state index contributed by atoms with van der Waals surface area (Å²) < 4.78 is 23.3. The molecule has 0 aromatic heterocycles. The van der Waals surface area contributed by atoms with Gasteiger partial charge in [0.25, 0.3) is 0 Å². The highest BCUT2D eigenvalue weighted by Gasteiger charge is 2.65. The van der Waals surface area contributed by atoms with Gasteiger partial charge in [-0.05, 0) is 58.6 Å². The Hall–Kier alpha value is -2.68. The van der Waals surface area contributed by atoms with Crippen molar-refractivity contribution in [3.8, 4) is 0 Å². The zero-order valence-electron chi connectivity index (χ0n) is 22.4. The van der Waals surface area contributed by atoms with Gasteiger partial charge in [-0.2, -0.15) is 0 Å². The lowest BCUT2D eigenvalue weighted by atomic mass is 9.80. The Morgan fingerprint density at radius 3 is 2.42 bits per heavy atom. The molecule has 9 heteroatoms. The molecule has 9 nitrogen and oxygen atoms in total. The van der Waals surface area contributed by atoms with Crippen LogP contribution in [-0.2, 0) is 38.1 Å². The maximum absolute atomic E-state index is 12.8. The van der Waals surface area contributed by atoms with Crippen molar-refractivity contribution in [3.05, 3.63) is 22.8 Å². The number of allylic oxidation sites excluding steroid dienone is 1. The number of carbonyl (C=O) groups is 4. The van der Waals surface area contributed by atoms with Crippen LogP contribution in [0.3, 0.4) is 0 Å². The summed E-state index contributed by atoms with van der Waals surface area (Å²) in [4.78, 5) is 50.4. The Bertz CT molecular complexity index is 1010. The molecule has 1 aliphatic heterocycles. The van der Waals surface area contributed by atoms with Crippen molar-refractivity contribution in [2.45, 2.75) is 104 Å². The fourth-order valence-electron chi connectivity index (χ4n) is 5.67. The van der Waals surface area contributed by atoms with E-state index in [2.05, 4.69) is 0 Å². The van der Waals surface area contributed by atoms with Crippen molar-refractivity contribution in [1.82, 2.24) is 0 Å². The molecule has 3 rings (SSSR count). The van der Waals surface area contributed by atoms with Gasteiger partial charge in [0, 0.05) is 24.8 Å². The largest absolute Gasteiger partial charge is 0.461 e. The van der Waals surface area contributed by atoms with Crippen LogP contribution >= 0.6 is 0 Å². The minimum absolute atomic E-state index is 0.0404. The van der Waals surface area contributed by atoms with Crippen molar-refractivity contribution < 1.29 is 43.2 Å². The summed E-state index contributed by atoms with van der Waals surface area (Å²) in [7, 11) is 0. The van der Waals surface area contributed by atoms with E-state index >= 15 is 0 Å². The first-order valence-electron chi connectivity index (χ1n) is 12.6. The van der Waals surface area contributed by atoms with Crippen LogP contribution < -0.4 is 0 Å². The van der Waals surface area contributed by atoms with Crippen molar-refractivity contribution in [2.75, 3.05) is 0 Å². The lowest BCUT2D eigenvalue weighted by Crippen LogP contribution is -2.49. The Kier molecular flexibility index (Phi) is 7.75. The Morgan fingerprint density at radius 1 is 1.22 bits per heavy atom. The van der Waals surface area contributed by atoms with E-state index in [0.717, 1.165) is 0 Å². The number of rotatable bonds is 6. The topological polar surface area (TPSA) is 125 Å². The van der Waals surface area contributed by atoms with Crippen LogP contribution in [0.1, 0.15) is 74.7 Å². The third-order valence-corrected chi connectivity index (χ3v) is 8.10. The molecule has 1 saturated heterocycles. The molecular weight excluding hydrogens is 468 g/mol. The van der Waals surface area contributed by atoms with E-state index in [-0.39, 0.29) is 6.42 Å². The normalized spacial score (nSPS) is 36.9. The maximum atomic E-state index is 12.8. The van der Waals surface area contributed by atoms with Crippen LogP contribution in [0.2, 0.25) is 0 Å². The molecule has 1 heterocycles. The third-order valence-electron chi connectivity index (χ3n) is 8.10. The molecule has 0 aromatic rings. The molecule has 200 valence electrons. The predicted octanol–water partition coefficient (Wildman–Crippen LogP) is 3.18. The van der Waals surface area contributed by atoms with Crippen LogP contribution in [-0.4, -0.2) is 58.5 Å². The van der Waals surface area contributed by atoms with Gasteiger partial charge >= 0.3 is 23.9 Å². The Labute approximate surface area is 212 Å². The molecule has 0 aromatic carbocycles. The molecular formula is C27H38O9. The third kappa shape index (κ3) is 4.82. The summed E-state index contributed by atoms with van der Waals surface area (Å²) in [6.07, 6.45) is 0.0184. The Morgan fingerprint density at radius 2 is 1.86 bits per heavy atom. The minimum atomic E-state index is -1.94. The van der Waals surface area contributed by atoms with Crippen LogP contribution in [0.5, 0.6) is 0 Å². The van der Waals surface area contributed by atoms with E-state index < -0.39 is 71.1 Å². The maximum Gasteiger partial charge on any atom is 0.339 e. The van der Waals surface area contributed by atoms with E-state index in [0.29, 0.717) is 29.6 Å². The molecule has 3 aliphatic rings. The summed E-state index contributed by atoms with van der Waals surface area (Å²) in [5.41, 5.74) is -1.36. The molecule has 36 heavy (non-hydrogen) atoms. The lowest BCUT2D eigenvalue weighted by Gasteiger charge is -2.37. The second-order valence-corrected chi connectivity index (χ2v) is 10.7. The van der Waals surface area contributed by atoms with E-state index in [9.17, 15) is 24.3 Å². The predicted molar refractivity (Wildman–Crippen MR) is 128 cm³/mol. The molecule has 2 aliphatic carbocycles. The number of aliphatic hydroxyl groups is 1. The average molecular weight is 507 g/mol. The molecule has 0 bridgehead atoms. The number of hydrogen-bond donors (Lipinski definition) is 1. The fourth-order valence-corrected chi connectivity index (χ4v) is 5.67. The van der Waals surface area contributed by atoms with Gasteiger partial charge in [0.05, 0.1) is 11.8 Å². The lowest BCUT2D eigenvalue weighted by molar-refractivity contribution is -0.177. The summed E-state index contributed by atoms with van der Waals surface area (Å²) in [5.74, 6) is -4.10. The van der Waals surface area contributed by atoms with E-state index in [1.54, 1.807) is 40.7 Å². The summed E-state index contributed by atoms with van der Waals surface area (Å²) in [5, 5.41) is 11.2. The molecule has 2 fully saturated rings. The van der Waals surface area contributed by atoms with Gasteiger partial charge in [-0.15, -0.1) is 0 Å². The number of hydrogen-bond acceptors (Lipinski definition) is 9. The average Bonchev–Trinajstić information content (AvgIpc) is 3.20. The van der Waals surface area contributed by atoms with E-state index in [1.165, 1.54) is 13.8 Å². The van der Waals surface area contributed by atoms with Crippen molar-refractivity contribution in [1.29, 1.82) is 0 Å². The highest BCUT2D eigenvalue weighted by Crippen LogP contribution is 2.55. The molecule has 0 spiro atoms. The standard InChI is InChI=1S/C27H38O9/c1-9-13(3)23(29)33-18-11-17-20(15(18)5)22-21(27(8,32)25(31)35-22)19(34-24(30)14(4)10-2)12-26(17,7)36-16(6)28/h9,14,17-19,21-22,32H,10-12H2,1-8H3. The summed E-state index contributed by atoms with van der Waals surface area (Å²) in [6.45, 7) is 13.2. The second kappa shape index (κ2) is 10.00. The van der Waals surface area contributed by atoms with Crippen molar-refractivity contribution >= 4 is 23.9 Å². The highest BCUT2D eigenvalue weighted by atomic mass is 16.6. The number of esters is 4. The van der Waals surface area contributed by atoms with Crippen LogP contribution in [0.15, 0.2) is 22.8 Å². The molecule has 8 unspecified atom stereocenters. The Balaban J connectivity index is 2.14. The quantitative estimate of drug-likeness (QED) is 0.250. The number of carbonyl (C=O) groups excluding carboxylic acids is 4. The monoisotopic (exact) mass is 506 g/mol. The molecule has 0 radical (unpaired) electrons. The van der Waals surface area contributed by atoms with Crippen LogP contribution in [0, 0.1) is 17.8 Å². The van der Waals surface area contributed by atoms with Crippen LogP contribution in [0.25, 0.3) is 0 Å². The zero-order chi connectivity index (χ0) is 27.2. The van der Waals surface area contributed by atoms with E-state index in [1.807, 2.05) is 6.92 Å². The molecule has 1 saturated carbocycles. The summed E-state index contributed by atoms with van der Waals surface area (Å²) >= 11 is 0. The van der Waals surface area contributed by atoms with Crippen LogP contribution in [0.4, 0.5) is 0 Å². The van der Waals surface area contributed by atoms with Gasteiger partial charge in [-0.1, -0.05) is 19.9 Å². The van der Waals surface area contributed by atoms with Gasteiger partial charge in [-0.3, -0.25) is 9.59 Å². The zero-order valence-corrected chi connectivity index (χ0v) is 22.4. The van der Waals surface area contributed by atoms with Crippen molar-refractivity contribution in [2.24, 2.45) is 17.8 Å². The first-order valence-corrected chi connectivity index (χ1v) is 12.6. The fraction of sp³-hybridized carbons (Fsp3) is 0.704. The SMILES string of the molecule is CC=C(C)C(=O)OC1CC2C(=C1C)C1OC(=O)C(C)(O)C1C(OC(=O)C(C)CC)CC2(C)OC(C)=O.